The van der Waals surface area contributed by atoms with Gasteiger partial charge in [0.25, 0.3) is 0 Å². The molecule has 0 N–H and O–H groups in total. The Bertz CT molecular complexity index is 102. The van der Waals surface area contributed by atoms with Crippen LogP contribution in [0, 0.1) is 0 Å². The summed E-state index contributed by atoms with van der Waals surface area (Å²) in [6, 6.07) is 0. The Labute approximate surface area is 52.4 Å². The molecule has 1 aliphatic rings. The quantitative estimate of drug-likeness (QED) is 0.620. The normalized spacial score (nSPS) is 24.6. The van der Waals surface area contributed by atoms with E-state index in [9.17, 15) is 4.79 Å². The van der Waals surface area contributed by atoms with Gasteiger partial charge in [-0.15, -0.1) is 0 Å². The maximum atomic E-state index is 9.76. The topological polar surface area (TPSA) is 35.5 Å². The van der Waals surface area contributed by atoms with Gasteiger partial charge in [0.05, 0.1) is 0 Å². The summed E-state index contributed by atoms with van der Waals surface area (Å²) in [5.41, 5.74) is 0. The molecule has 1 heterocycles. The molecule has 0 aromatic carbocycles. The number of hydrogen-bond acceptors (Lipinski definition) is 3. The first kappa shape index (κ1) is 5.90. The summed E-state index contributed by atoms with van der Waals surface area (Å²) < 4.78 is 8.44. The molecule has 3 nitrogen and oxygen atoms in total. The van der Waals surface area contributed by atoms with Crippen molar-refractivity contribution >= 4 is 42.4 Å². The van der Waals surface area contributed by atoms with Gasteiger partial charge in [-0.3, -0.25) is 0 Å². The maximum absolute atomic E-state index is 9.76. The Morgan fingerprint density at radius 3 is 1.86 bits per heavy atom. The van der Waals surface area contributed by atoms with Gasteiger partial charge in [0.15, 0.2) is 0 Å². The van der Waals surface area contributed by atoms with Gasteiger partial charge in [-0.2, -0.15) is 0 Å². The van der Waals surface area contributed by atoms with Crippen LogP contribution in [0.25, 0.3) is 0 Å². The van der Waals surface area contributed by atoms with E-state index < -0.39 is 25.8 Å². The molecule has 0 bridgehead atoms. The van der Waals surface area contributed by atoms with Crippen LogP contribution in [0.4, 0.5) is 4.79 Å². The van der Waals surface area contributed by atoms with Crippen LogP contribution in [-0.4, -0.2) is 25.8 Å². The van der Waals surface area contributed by atoms with Crippen molar-refractivity contribution in [3.05, 3.63) is 0 Å². The molecule has 1 fully saturated rings. The SMILES string of the molecule is O=C1[O][Pb]([Cl])([Cl])[O]1. The first-order chi connectivity index (χ1) is 3.10. The van der Waals surface area contributed by atoms with Crippen molar-refractivity contribution < 1.29 is 10.2 Å². The first-order valence-electron chi connectivity index (χ1n) is 1.40. The number of rotatable bonds is 0. The molecule has 0 atom stereocenters. The molecule has 6 heteroatoms. The van der Waals surface area contributed by atoms with E-state index in [0.29, 0.717) is 0 Å². The zero-order chi connectivity index (χ0) is 5.49. The van der Waals surface area contributed by atoms with Crippen molar-refractivity contribution in [1.29, 1.82) is 0 Å². The summed E-state index contributed by atoms with van der Waals surface area (Å²) in [5, 5.41) is 0. The van der Waals surface area contributed by atoms with Gasteiger partial charge in [-0.1, -0.05) is 0 Å². The van der Waals surface area contributed by atoms with E-state index in [0.717, 1.165) is 0 Å². The van der Waals surface area contributed by atoms with Crippen LogP contribution < -0.4 is 0 Å². The van der Waals surface area contributed by atoms with Crippen molar-refractivity contribution in [3.8, 4) is 0 Å². The van der Waals surface area contributed by atoms with E-state index in [2.05, 4.69) is 5.37 Å². The van der Waals surface area contributed by atoms with Gasteiger partial charge >= 0.3 is 52.6 Å². The monoisotopic (exact) mass is 338 g/mol. The van der Waals surface area contributed by atoms with E-state index in [-0.39, 0.29) is 0 Å². The van der Waals surface area contributed by atoms with Crippen LogP contribution in [-0.2, 0) is 5.37 Å². The fourth-order valence-corrected chi connectivity index (χ4v) is 3.98. The zero-order valence-corrected chi connectivity index (χ0v) is 8.38. The molecule has 0 aliphatic carbocycles. The van der Waals surface area contributed by atoms with Crippen molar-refractivity contribution in [2.45, 2.75) is 0 Å². The van der Waals surface area contributed by atoms with Crippen LogP contribution >= 0.6 is 16.6 Å². The van der Waals surface area contributed by atoms with Crippen LogP contribution in [0.5, 0.6) is 0 Å². The molecule has 0 radical (unpaired) electrons. The summed E-state index contributed by atoms with van der Waals surface area (Å²) in [6.45, 7) is 0. The second-order valence-corrected chi connectivity index (χ2v) is 16.5. The third kappa shape index (κ3) is 1.33. The number of halogens is 2. The minimum atomic E-state index is -3.64. The predicted molar refractivity (Wildman–Crippen MR) is 25.0 cm³/mol. The van der Waals surface area contributed by atoms with Gasteiger partial charge < -0.3 is 0 Å². The molecule has 7 heavy (non-hydrogen) atoms. The average Bonchev–Trinajstić information content (AvgIpc) is 1.27. The van der Waals surface area contributed by atoms with Crippen molar-refractivity contribution in [2.24, 2.45) is 0 Å². The third-order valence-electron chi connectivity index (χ3n) is 0.404. The van der Waals surface area contributed by atoms with Crippen LogP contribution in [0.2, 0.25) is 0 Å². The van der Waals surface area contributed by atoms with E-state index in [4.69, 9.17) is 16.6 Å². The molecular weight excluding hydrogens is 338 g/mol. The van der Waals surface area contributed by atoms with Crippen LogP contribution in [0.1, 0.15) is 0 Å². The molecule has 0 aromatic rings. The number of carbonyl (C=O) groups is 1. The van der Waals surface area contributed by atoms with Gasteiger partial charge in [-0.25, -0.2) is 0 Å². The van der Waals surface area contributed by atoms with Crippen LogP contribution in [0.3, 0.4) is 0 Å². The van der Waals surface area contributed by atoms with Gasteiger partial charge in [0, 0.05) is 0 Å². The van der Waals surface area contributed by atoms with Crippen molar-refractivity contribution in [2.75, 3.05) is 0 Å². The molecular formula is CCl2O3Pb. The summed E-state index contributed by atoms with van der Waals surface area (Å²) in [4.78, 5) is 9.76. The summed E-state index contributed by atoms with van der Waals surface area (Å²) in [5.74, 6) is 0. The molecule has 0 spiro atoms. The number of hydrogen-bond donors (Lipinski definition) is 0. The Hall–Kier alpha value is 0.772. The standard InChI is InChI=1S/CH2O3.2ClH.Pb/c2-1(3)4;;;/h(H2,2,3,4);2*1H;/q;;;+4/p-4. The average molecular weight is 338 g/mol. The third-order valence-corrected chi connectivity index (χ3v) is 6.26. The van der Waals surface area contributed by atoms with Gasteiger partial charge in [-0.05, 0) is 0 Å². The molecule has 1 rings (SSSR count). The summed E-state index contributed by atoms with van der Waals surface area (Å²) in [6.07, 6.45) is -0.744. The fourth-order valence-electron chi connectivity index (χ4n) is 0.202. The van der Waals surface area contributed by atoms with E-state index in [1.165, 1.54) is 0 Å². The molecule has 1 aliphatic heterocycles. The zero-order valence-electron chi connectivity index (χ0n) is 2.98. The Kier molecular flexibility index (Phi) is 1.37. The molecule has 40 valence electrons. The Morgan fingerprint density at radius 2 is 1.86 bits per heavy atom. The molecule has 0 saturated carbocycles. The second-order valence-electron chi connectivity index (χ2n) is 0.917. The first-order valence-corrected chi connectivity index (χ1v) is 14.1. The predicted octanol–water partition coefficient (Wildman–Crippen LogP) is 1.07. The van der Waals surface area contributed by atoms with Gasteiger partial charge in [0.2, 0.25) is 0 Å². The Balaban J connectivity index is 2.43. The summed E-state index contributed by atoms with van der Waals surface area (Å²) in [7, 11) is 10.4. The van der Waals surface area contributed by atoms with Crippen molar-refractivity contribution in [3.63, 3.8) is 0 Å². The molecule has 0 unspecified atom stereocenters. The summed E-state index contributed by atoms with van der Waals surface area (Å²) >= 11 is -3.64. The molecule has 1 saturated heterocycles. The second kappa shape index (κ2) is 1.63. The van der Waals surface area contributed by atoms with E-state index >= 15 is 0 Å². The fraction of sp³-hybridized carbons (Fsp3) is 0. The molecule has 0 amide bonds. The minimum absolute atomic E-state index is 0.744. The number of carbonyl (C=O) groups excluding carboxylic acids is 1. The van der Waals surface area contributed by atoms with E-state index in [1.54, 1.807) is 0 Å². The molecule has 0 aromatic heterocycles. The van der Waals surface area contributed by atoms with E-state index in [1.807, 2.05) is 0 Å². The van der Waals surface area contributed by atoms with Crippen molar-refractivity contribution in [1.82, 2.24) is 0 Å². The van der Waals surface area contributed by atoms with Crippen LogP contribution in [0.15, 0.2) is 0 Å². The van der Waals surface area contributed by atoms with Gasteiger partial charge in [0.1, 0.15) is 0 Å². The Morgan fingerprint density at radius 1 is 1.43 bits per heavy atom.